The highest BCUT2D eigenvalue weighted by atomic mass is 35.5. The zero-order chi connectivity index (χ0) is 14.7. The van der Waals surface area contributed by atoms with E-state index in [1.807, 2.05) is 18.2 Å². The third kappa shape index (κ3) is 3.17. The van der Waals surface area contributed by atoms with Gasteiger partial charge in [-0.2, -0.15) is 0 Å². The van der Waals surface area contributed by atoms with Crippen LogP contribution in [0.25, 0.3) is 0 Å². The second-order valence-corrected chi connectivity index (χ2v) is 6.58. The summed E-state index contributed by atoms with van der Waals surface area (Å²) < 4.78 is 0. The highest BCUT2D eigenvalue weighted by Gasteiger charge is 2.23. The van der Waals surface area contributed by atoms with E-state index in [1.165, 1.54) is 4.88 Å². The van der Waals surface area contributed by atoms with Crippen LogP contribution in [0, 0.1) is 6.92 Å². The van der Waals surface area contributed by atoms with E-state index in [1.54, 1.807) is 11.3 Å². The van der Waals surface area contributed by atoms with Crippen molar-refractivity contribution < 1.29 is 0 Å². The quantitative estimate of drug-likeness (QED) is 0.833. The van der Waals surface area contributed by atoms with Crippen LogP contribution in [0.4, 0.5) is 0 Å². The van der Waals surface area contributed by atoms with E-state index in [0.717, 1.165) is 29.2 Å². The average Bonchev–Trinajstić information content (AvgIpc) is 2.78. The van der Waals surface area contributed by atoms with Gasteiger partial charge in [-0.1, -0.05) is 43.1 Å². The summed E-state index contributed by atoms with van der Waals surface area (Å²) in [6, 6.07) is 5.55. The molecular weight excluding hydrogens is 311 g/mol. The molecule has 20 heavy (non-hydrogen) atoms. The highest BCUT2D eigenvalue weighted by molar-refractivity contribution is 7.11. The summed E-state index contributed by atoms with van der Waals surface area (Å²) >= 11 is 14.4. The molecule has 0 spiro atoms. The lowest BCUT2D eigenvalue weighted by molar-refractivity contribution is 0.625. The largest absolute Gasteiger partial charge is 0.304 e. The van der Waals surface area contributed by atoms with Gasteiger partial charge >= 0.3 is 0 Å². The first-order valence-electron chi connectivity index (χ1n) is 6.71. The molecule has 0 radical (unpaired) electrons. The Morgan fingerprint density at radius 1 is 1.25 bits per heavy atom. The Balaban J connectivity index is 2.50. The Hall–Kier alpha value is -0.610. The van der Waals surface area contributed by atoms with Gasteiger partial charge in [0.05, 0.1) is 11.7 Å². The molecule has 1 unspecified atom stereocenters. The molecule has 0 saturated carbocycles. The maximum atomic E-state index is 6.34. The monoisotopic (exact) mass is 328 g/mol. The van der Waals surface area contributed by atoms with Crippen LogP contribution in [0.5, 0.6) is 0 Å². The zero-order valence-electron chi connectivity index (χ0n) is 11.8. The number of hydrogen-bond acceptors (Lipinski definition) is 3. The van der Waals surface area contributed by atoms with Crippen molar-refractivity contribution in [3.8, 4) is 0 Å². The summed E-state index contributed by atoms with van der Waals surface area (Å²) in [5, 5.41) is 5.82. The van der Waals surface area contributed by atoms with Gasteiger partial charge in [-0.25, -0.2) is 4.98 Å². The van der Waals surface area contributed by atoms with Crippen LogP contribution in [-0.4, -0.2) is 11.5 Å². The Bertz CT molecular complexity index is 575. The molecule has 2 rings (SSSR count). The van der Waals surface area contributed by atoms with Gasteiger partial charge < -0.3 is 5.32 Å². The molecular formula is C15H18Cl2N2S. The molecule has 0 aliphatic rings. The first-order valence-corrected chi connectivity index (χ1v) is 8.29. The van der Waals surface area contributed by atoms with Crippen molar-refractivity contribution in [3.63, 3.8) is 0 Å². The molecule has 1 N–H and O–H groups in total. The number of aromatic nitrogens is 1. The smallest absolute Gasteiger partial charge is 0.115 e. The minimum absolute atomic E-state index is 0.0507. The fraction of sp³-hybridized carbons (Fsp3) is 0.400. The van der Waals surface area contributed by atoms with Gasteiger partial charge in [0.2, 0.25) is 0 Å². The fourth-order valence-electron chi connectivity index (χ4n) is 2.21. The van der Waals surface area contributed by atoms with Crippen molar-refractivity contribution in [2.24, 2.45) is 0 Å². The first kappa shape index (κ1) is 15.8. The van der Waals surface area contributed by atoms with Crippen LogP contribution >= 0.6 is 34.5 Å². The number of nitrogens with zero attached hydrogens (tertiary/aromatic N) is 1. The number of aryl methyl sites for hydroxylation is 2. The summed E-state index contributed by atoms with van der Waals surface area (Å²) in [5.41, 5.74) is 2.06. The van der Waals surface area contributed by atoms with Gasteiger partial charge in [0.1, 0.15) is 5.01 Å². The summed E-state index contributed by atoms with van der Waals surface area (Å²) in [4.78, 5) is 6.00. The van der Waals surface area contributed by atoms with Crippen molar-refractivity contribution in [3.05, 3.63) is 49.4 Å². The Morgan fingerprint density at radius 3 is 2.40 bits per heavy atom. The lowest BCUT2D eigenvalue weighted by Gasteiger charge is -2.18. The highest BCUT2D eigenvalue weighted by Crippen LogP contribution is 2.36. The van der Waals surface area contributed by atoms with Crippen molar-refractivity contribution in [1.29, 1.82) is 0 Å². The molecule has 1 aromatic heterocycles. The number of rotatable bonds is 5. The molecule has 0 amide bonds. The molecule has 1 aromatic carbocycles. The lowest BCUT2D eigenvalue weighted by Crippen LogP contribution is -2.22. The van der Waals surface area contributed by atoms with Gasteiger partial charge in [-0.15, -0.1) is 11.3 Å². The van der Waals surface area contributed by atoms with Crippen molar-refractivity contribution >= 4 is 34.5 Å². The third-order valence-electron chi connectivity index (χ3n) is 3.19. The van der Waals surface area contributed by atoms with Crippen LogP contribution < -0.4 is 5.32 Å². The van der Waals surface area contributed by atoms with E-state index < -0.39 is 0 Å². The minimum atomic E-state index is -0.0507. The number of halogens is 2. The van der Waals surface area contributed by atoms with E-state index in [2.05, 4.69) is 26.1 Å². The van der Waals surface area contributed by atoms with E-state index in [-0.39, 0.29) is 6.04 Å². The molecule has 0 bridgehead atoms. The second-order valence-electron chi connectivity index (χ2n) is 4.53. The summed E-state index contributed by atoms with van der Waals surface area (Å²) in [6.07, 6.45) is 0.942. The second kappa shape index (κ2) is 6.90. The Morgan fingerprint density at radius 2 is 1.90 bits per heavy atom. The van der Waals surface area contributed by atoms with Crippen molar-refractivity contribution in [2.75, 3.05) is 6.54 Å². The van der Waals surface area contributed by atoms with Gasteiger partial charge in [-0.05, 0) is 32.0 Å². The number of thiazole rings is 1. The standard InChI is InChI=1S/C15H18Cl2N2S/c1-4-12-9(3)20-15(19-12)14(18-5-2)13-10(16)7-6-8-11(13)17/h6-8,14,18H,4-5H2,1-3H3. The molecule has 1 atom stereocenters. The van der Waals surface area contributed by atoms with E-state index in [9.17, 15) is 0 Å². The van der Waals surface area contributed by atoms with Crippen LogP contribution in [0.15, 0.2) is 18.2 Å². The molecule has 2 aromatic rings. The Labute approximate surface area is 134 Å². The van der Waals surface area contributed by atoms with Crippen LogP contribution in [-0.2, 0) is 6.42 Å². The van der Waals surface area contributed by atoms with Crippen LogP contribution in [0.1, 0.15) is 41.0 Å². The van der Waals surface area contributed by atoms with Gasteiger partial charge in [-0.3, -0.25) is 0 Å². The SMILES string of the molecule is CCNC(c1nc(CC)c(C)s1)c1c(Cl)cccc1Cl. The van der Waals surface area contributed by atoms with Gasteiger partial charge in [0, 0.05) is 20.5 Å². The fourth-order valence-corrected chi connectivity index (χ4v) is 3.92. The third-order valence-corrected chi connectivity index (χ3v) is 4.92. The molecule has 108 valence electrons. The summed E-state index contributed by atoms with van der Waals surface area (Å²) in [7, 11) is 0. The molecule has 1 heterocycles. The van der Waals surface area contributed by atoms with Crippen LogP contribution in [0.2, 0.25) is 10.0 Å². The molecule has 5 heteroatoms. The van der Waals surface area contributed by atoms with Gasteiger partial charge in [0.25, 0.3) is 0 Å². The predicted molar refractivity (Wildman–Crippen MR) is 88.2 cm³/mol. The topological polar surface area (TPSA) is 24.9 Å². The van der Waals surface area contributed by atoms with Crippen molar-refractivity contribution in [1.82, 2.24) is 10.3 Å². The van der Waals surface area contributed by atoms with E-state index in [0.29, 0.717) is 10.0 Å². The number of hydrogen-bond donors (Lipinski definition) is 1. The molecule has 2 nitrogen and oxygen atoms in total. The maximum Gasteiger partial charge on any atom is 0.115 e. The lowest BCUT2D eigenvalue weighted by atomic mass is 10.1. The normalized spacial score (nSPS) is 12.7. The summed E-state index contributed by atoms with van der Waals surface area (Å²) in [6.45, 7) is 7.12. The average molecular weight is 329 g/mol. The Kier molecular flexibility index (Phi) is 5.44. The predicted octanol–water partition coefficient (Wildman–Crippen LogP) is 5.02. The molecule has 0 saturated heterocycles. The van der Waals surface area contributed by atoms with E-state index >= 15 is 0 Å². The van der Waals surface area contributed by atoms with Crippen LogP contribution in [0.3, 0.4) is 0 Å². The van der Waals surface area contributed by atoms with E-state index in [4.69, 9.17) is 28.2 Å². The molecule has 0 fully saturated rings. The van der Waals surface area contributed by atoms with Gasteiger partial charge in [0.15, 0.2) is 0 Å². The first-order chi connectivity index (χ1) is 9.58. The number of nitrogens with one attached hydrogen (secondary N) is 1. The molecule has 0 aliphatic heterocycles. The minimum Gasteiger partial charge on any atom is -0.304 e. The van der Waals surface area contributed by atoms with Crippen molar-refractivity contribution in [2.45, 2.75) is 33.2 Å². The number of benzene rings is 1. The maximum absolute atomic E-state index is 6.34. The zero-order valence-corrected chi connectivity index (χ0v) is 14.2. The summed E-state index contributed by atoms with van der Waals surface area (Å²) in [5.74, 6) is 0. The molecule has 0 aliphatic carbocycles.